The number of para-hydroxylation sites is 1. The van der Waals surface area contributed by atoms with Gasteiger partial charge in [0, 0.05) is 10.9 Å². The number of pyridine rings is 1. The van der Waals surface area contributed by atoms with Crippen molar-refractivity contribution in [3.05, 3.63) is 76.7 Å². The van der Waals surface area contributed by atoms with E-state index in [0.717, 1.165) is 44.7 Å². The van der Waals surface area contributed by atoms with Crippen LogP contribution in [0.25, 0.3) is 38.8 Å². The van der Waals surface area contributed by atoms with Gasteiger partial charge in [0.25, 0.3) is 0 Å². The Bertz CT molecular complexity index is 1340. The lowest BCUT2D eigenvalue weighted by Gasteiger charge is -2.07. The average molecular weight is 356 g/mol. The maximum Gasteiger partial charge on any atom is 0.331 e. The van der Waals surface area contributed by atoms with Crippen LogP contribution in [0.3, 0.4) is 0 Å². The molecule has 0 fully saturated rings. The van der Waals surface area contributed by atoms with Crippen LogP contribution in [-0.2, 0) is 0 Å². The Morgan fingerprint density at radius 1 is 1.07 bits per heavy atom. The third kappa shape index (κ3) is 2.30. The summed E-state index contributed by atoms with van der Waals surface area (Å²) in [6.45, 7) is 3.82. The zero-order valence-corrected chi connectivity index (χ0v) is 14.9. The van der Waals surface area contributed by atoms with Crippen LogP contribution < -0.4 is 5.69 Å². The summed E-state index contributed by atoms with van der Waals surface area (Å²) in [5.74, 6) is 0.774. The second kappa shape index (κ2) is 5.67. The number of nitrogens with zero attached hydrogens (tertiary/aromatic N) is 3. The molecule has 0 atom stereocenters. The highest BCUT2D eigenvalue weighted by Gasteiger charge is 2.16. The Labute approximate surface area is 154 Å². The molecule has 1 N–H and O–H groups in total. The summed E-state index contributed by atoms with van der Waals surface area (Å²) in [7, 11) is 0. The van der Waals surface area contributed by atoms with E-state index < -0.39 is 0 Å². The number of fused-ring (bicyclic) bond motifs is 3. The standard InChI is InChI=1S/C21H16N4O2/c1-12-19(13(2)27-24-12)14-8-9-16-17(10-14)22-11-18-20(16)25(21(26)23-18)15-6-4-3-5-7-15/h3-11H,1-2H3,(H,23,26). The zero-order chi connectivity index (χ0) is 18.5. The minimum Gasteiger partial charge on any atom is -0.361 e. The fourth-order valence-electron chi connectivity index (χ4n) is 3.66. The molecule has 5 rings (SSSR count). The second-order valence-corrected chi connectivity index (χ2v) is 6.55. The number of hydrogen-bond donors (Lipinski definition) is 1. The van der Waals surface area contributed by atoms with Crippen molar-refractivity contribution in [3.63, 3.8) is 0 Å². The van der Waals surface area contributed by atoms with E-state index in [2.05, 4.69) is 15.1 Å². The third-order valence-corrected chi connectivity index (χ3v) is 4.85. The third-order valence-electron chi connectivity index (χ3n) is 4.85. The Balaban J connectivity index is 1.82. The molecule has 0 saturated carbocycles. The summed E-state index contributed by atoms with van der Waals surface area (Å²) < 4.78 is 6.98. The van der Waals surface area contributed by atoms with Gasteiger partial charge in [0.15, 0.2) is 0 Å². The summed E-state index contributed by atoms with van der Waals surface area (Å²) in [6, 6.07) is 15.6. The summed E-state index contributed by atoms with van der Waals surface area (Å²) in [5, 5.41) is 4.94. The molecule has 27 heavy (non-hydrogen) atoms. The van der Waals surface area contributed by atoms with E-state index in [-0.39, 0.29) is 5.69 Å². The Morgan fingerprint density at radius 2 is 1.89 bits per heavy atom. The van der Waals surface area contributed by atoms with Crippen molar-refractivity contribution in [2.24, 2.45) is 0 Å². The Kier molecular flexibility index (Phi) is 3.27. The average Bonchev–Trinajstić information content (AvgIpc) is 3.20. The van der Waals surface area contributed by atoms with E-state index in [9.17, 15) is 4.79 Å². The second-order valence-electron chi connectivity index (χ2n) is 6.55. The molecule has 0 saturated heterocycles. The molecule has 0 aliphatic rings. The van der Waals surface area contributed by atoms with Gasteiger partial charge in [-0.15, -0.1) is 0 Å². The Morgan fingerprint density at radius 3 is 2.63 bits per heavy atom. The molecule has 5 aromatic rings. The van der Waals surface area contributed by atoms with E-state index in [1.54, 1.807) is 10.8 Å². The molecular weight excluding hydrogens is 340 g/mol. The van der Waals surface area contributed by atoms with Gasteiger partial charge in [0.2, 0.25) is 0 Å². The normalized spacial score (nSPS) is 11.5. The lowest BCUT2D eigenvalue weighted by Crippen LogP contribution is -2.14. The fourth-order valence-corrected chi connectivity index (χ4v) is 3.66. The fraction of sp³-hybridized carbons (Fsp3) is 0.0952. The van der Waals surface area contributed by atoms with Crippen molar-refractivity contribution in [3.8, 4) is 16.8 Å². The molecule has 6 heteroatoms. The highest BCUT2D eigenvalue weighted by atomic mass is 16.5. The van der Waals surface area contributed by atoms with Gasteiger partial charge in [0.05, 0.1) is 34.1 Å². The van der Waals surface area contributed by atoms with E-state index in [1.807, 2.05) is 62.4 Å². The number of rotatable bonds is 2. The first-order valence-corrected chi connectivity index (χ1v) is 8.65. The van der Waals surface area contributed by atoms with E-state index >= 15 is 0 Å². The van der Waals surface area contributed by atoms with E-state index in [0.29, 0.717) is 5.52 Å². The predicted octanol–water partition coefficient (Wildman–Crippen LogP) is 4.14. The van der Waals surface area contributed by atoms with Gasteiger partial charge in [-0.05, 0) is 43.7 Å². The SMILES string of the molecule is Cc1noc(C)c1-c1ccc2c(c1)ncc1[nH]c(=O)n(-c3ccccc3)c12. The lowest BCUT2D eigenvalue weighted by atomic mass is 10.0. The number of H-pyrrole nitrogens is 1. The smallest absolute Gasteiger partial charge is 0.331 e. The van der Waals surface area contributed by atoms with E-state index in [4.69, 9.17) is 4.52 Å². The molecule has 2 aromatic carbocycles. The van der Waals surface area contributed by atoms with Crippen LogP contribution in [0, 0.1) is 13.8 Å². The van der Waals surface area contributed by atoms with Gasteiger partial charge in [0.1, 0.15) is 5.76 Å². The highest BCUT2D eigenvalue weighted by Crippen LogP contribution is 2.31. The number of imidazole rings is 1. The molecule has 6 nitrogen and oxygen atoms in total. The summed E-state index contributed by atoms with van der Waals surface area (Å²) in [5.41, 5.74) is 5.79. The quantitative estimate of drug-likeness (QED) is 0.516. The number of aryl methyl sites for hydroxylation is 2. The first kappa shape index (κ1) is 15.6. The van der Waals surface area contributed by atoms with Crippen molar-refractivity contribution in [1.29, 1.82) is 0 Å². The number of aromatic nitrogens is 4. The van der Waals surface area contributed by atoms with E-state index in [1.165, 1.54) is 0 Å². The summed E-state index contributed by atoms with van der Waals surface area (Å²) >= 11 is 0. The van der Waals surface area contributed by atoms with Crippen molar-refractivity contribution in [2.45, 2.75) is 13.8 Å². The monoisotopic (exact) mass is 356 g/mol. The van der Waals surface area contributed by atoms with Gasteiger partial charge in [-0.3, -0.25) is 9.55 Å². The zero-order valence-electron chi connectivity index (χ0n) is 14.9. The minimum absolute atomic E-state index is 0.180. The predicted molar refractivity (Wildman–Crippen MR) is 104 cm³/mol. The molecule has 0 aliphatic heterocycles. The maximum absolute atomic E-state index is 12.6. The molecule has 0 bridgehead atoms. The molecule has 132 valence electrons. The minimum atomic E-state index is -0.180. The largest absolute Gasteiger partial charge is 0.361 e. The Hall–Kier alpha value is -3.67. The summed E-state index contributed by atoms with van der Waals surface area (Å²) in [4.78, 5) is 20.0. The molecular formula is C21H16N4O2. The first-order chi connectivity index (χ1) is 13.1. The summed E-state index contributed by atoms with van der Waals surface area (Å²) in [6.07, 6.45) is 1.70. The van der Waals surface area contributed by atoms with Crippen LogP contribution in [0.4, 0.5) is 0 Å². The van der Waals surface area contributed by atoms with Crippen molar-refractivity contribution in [1.82, 2.24) is 19.7 Å². The van der Waals surface area contributed by atoms with Crippen molar-refractivity contribution in [2.75, 3.05) is 0 Å². The first-order valence-electron chi connectivity index (χ1n) is 8.65. The van der Waals surface area contributed by atoms with Crippen molar-refractivity contribution < 1.29 is 4.52 Å². The molecule has 0 amide bonds. The van der Waals surface area contributed by atoms with Gasteiger partial charge < -0.3 is 9.51 Å². The van der Waals surface area contributed by atoms with Gasteiger partial charge in [-0.2, -0.15) is 0 Å². The van der Waals surface area contributed by atoms with Crippen LogP contribution in [0.5, 0.6) is 0 Å². The lowest BCUT2D eigenvalue weighted by molar-refractivity contribution is 0.393. The van der Waals surface area contributed by atoms with Gasteiger partial charge in [-0.1, -0.05) is 29.4 Å². The maximum atomic E-state index is 12.6. The van der Waals surface area contributed by atoms with Gasteiger partial charge >= 0.3 is 5.69 Å². The molecule has 0 radical (unpaired) electrons. The van der Waals surface area contributed by atoms with Crippen LogP contribution in [-0.4, -0.2) is 19.7 Å². The number of aromatic amines is 1. The van der Waals surface area contributed by atoms with Crippen LogP contribution >= 0.6 is 0 Å². The topological polar surface area (TPSA) is 76.7 Å². The van der Waals surface area contributed by atoms with Crippen molar-refractivity contribution >= 4 is 21.9 Å². The number of benzene rings is 2. The number of nitrogens with one attached hydrogen (secondary N) is 1. The highest BCUT2D eigenvalue weighted by molar-refractivity contribution is 6.04. The molecule has 3 aromatic heterocycles. The molecule has 0 aliphatic carbocycles. The van der Waals surface area contributed by atoms with Crippen LogP contribution in [0.1, 0.15) is 11.5 Å². The van der Waals surface area contributed by atoms with Crippen LogP contribution in [0.15, 0.2) is 64.0 Å². The molecule has 0 unspecified atom stereocenters. The number of hydrogen-bond acceptors (Lipinski definition) is 4. The molecule has 0 spiro atoms. The molecule has 3 heterocycles. The van der Waals surface area contributed by atoms with Gasteiger partial charge in [-0.25, -0.2) is 4.79 Å². The van der Waals surface area contributed by atoms with Crippen LogP contribution in [0.2, 0.25) is 0 Å².